The summed E-state index contributed by atoms with van der Waals surface area (Å²) in [6, 6.07) is 8.11. The second-order valence-electron chi connectivity index (χ2n) is 8.71. The van der Waals surface area contributed by atoms with Gasteiger partial charge in [0.1, 0.15) is 5.75 Å². The second-order valence-corrected chi connectivity index (χ2v) is 8.71. The van der Waals surface area contributed by atoms with Crippen molar-refractivity contribution in [1.29, 1.82) is 0 Å². The summed E-state index contributed by atoms with van der Waals surface area (Å²) in [5.74, 6) is 1.81. The number of amides is 1. The largest absolute Gasteiger partial charge is 0.493 e. The molecule has 3 rings (SSSR count). The van der Waals surface area contributed by atoms with Crippen molar-refractivity contribution >= 4 is 5.91 Å². The fourth-order valence-corrected chi connectivity index (χ4v) is 3.89. The van der Waals surface area contributed by atoms with Crippen molar-refractivity contribution in [1.82, 2.24) is 10.6 Å². The van der Waals surface area contributed by atoms with E-state index in [1.807, 2.05) is 12.1 Å². The Kier molecular flexibility index (Phi) is 5.10. The van der Waals surface area contributed by atoms with Crippen molar-refractivity contribution in [3.63, 3.8) is 0 Å². The maximum absolute atomic E-state index is 12.8. The molecule has 1 heterocycles. The third-order valence-electron chi connectivity index (χ3n) is 5.70. The van der Waals surface area contributed by atoms with Gasteiger partial charge in [-0.2, -0.15) is 0 Å². The number of hydrogen-bond acceptors (Lipinski definition) is 3. The van der Waals surface area contributed by atoms with Gasteiger partial charge in [0, 0.05) is 5.92 Å². The first-order chi connectivity index (χ1) is 11.8. The number of rotatable bonds is 6. The molecular formula is C21H32N2O2. The molecule has 25 heavy (non-hydrogen) atoms. The average Bonchev–Trinajstić information content (AvgIpc) is 3.27. The Morgan fingerprint density at radius 1 is 1.28 bits per heavy atom. The molecule has 1 aliphatic carbocycles. The Balaban J connectivity index is 1.58. The van der Waals surface area contributed by atoms with Crippen molar-refractivity contribution in [2.24, 2.45) is 17.3 Å². The van der Waals surface area contributed by atoms with Gasteiger partial charge in [0.2, 0.25) is 5.91 Å². The minimum Gasteiger partial charge on any atom is -0.493 e. The number of benzene rings is 1. The molecule has 2 N–H and O–H groups in total. The molecule has 1 spiro atoms. The van der Waals surface area contributed by atoms with Crippen molar-refractivity contribution in [3.05, 3.63) is 29.8 Å². The molecule has 2 fully saturated rings. The lowest BCUT2D eigenvalue weighted by atomic mass is 9.90. The number of ether oxygens (including phenoxy) is 1. The van der Waals surface area contributed by atoms with Gasteiger partial charge in [-0.25, -0.2) is 0 Å². The van der Waals surface area contributed by atoms with E-state index in [1.165, 1.54) is 0 Å². The van der Waals surface area contributed by atoms with Gasteiger partial charge in [-0.05, 0) is 75.2 Å². The Labute approximate surface area is 151 Å². The van der Waals surface area contributed by atoms with Crippen LogP contribution in [-0.4, -0.2) is 25.6 Å². The normalized spacial score (nSPS) is 22.0. The molecule has 1 atom stereocenters. The summed E-state index contributed by atoms with van der Waals surface area (Å²) in [6.07, 6.45) is 3.32. The molecule has 1 amide bonds. The molecule has 1 unspecified atom stereocenters. The zero-order valence-corrected chi connectivity index (χ0v) is 16.0. The molecule has 1 saturated carbocycles. The Morgan fingerprint density at radius 2 is 1.92 bits per heavy atom. The molecule has 0 bridgehead atoms. The maximum Gasteiger partial charge on any atom is 0.224 e. The average molecular weight is 344 g/mol. The van der Waals surface area contributed by atoms with E-state index in [-0.39, 0.29) is 22.8 Å². The fourth-order valence-electron chi connectivity index (χ4n) is 3.89. The molecule has 1 saturated heterocycles. The molecule has 0 aromatic heterocycles. The van der Waals surface area contributed by atoms with Crippen LogP contribution in [0, 0.1) is 17.3 Å². The Hall–Kier alpha value is -1.55. The number of hydrogen-bond donors (Lipinski definition) is 2. The third-order valence-corrected chi connectivity index (χ3v) is 5.70. The van der Waals surface area contributed by atoms with Gasteiger partial charge in [-0.15, -0.1) is 0 Å². The van der Waals surface area contributed by atoms with Crippen LogP contribution in [0.2, 0.25) is 0 Å². The first-order valence-electron chi connectivity index (χ1n) is 9.58. The quantitative estimate of drug-likeness (QED) is 0.831. The van der Waals surface area contributed by atoms with Crippen LogP contribution in [0.25, 0.3) is 0 Å². The molecular weight excluding hydrogens is 312 g/mol. The van der Waals surface area contributed by atoms with Gasteiger partial charge in [0.05, 0.1) is 12.1 Å². The van der Waals surface area contributed by atoms with Gasteiger partial charge in [0.15, 0.2) is 0 Å². The number of piperidine rings is 1. The fraction of sp³-hybridized carbons (Fsp3) is 0.667. The highest BCUT2D eigenvalue weighted by Crippen LogP contribution is 2.58. The van der Waals surface area contributed by atoms with Crippen molar-refractivity contribution in [2.75, 3.05) is 19.7 Å². The van der Waals surface area contributed by atoms with Gasteiger partial charge >= 0.3 is 0 Å². The summed E-state index contributed by atoms with van der Waals surface area (Å²) in [7, 11) is 0. The lowest BCUT2D eigenvalue weighted by molar-refractivity contribution is -0.125. The predicted molar refractivity (Wildman–Crippen MR) is 101 cm³/mol. The van der Waals surface area contributed by atoms with Gasteiger partial charge in [-0.1, -0.05) is 26.0 Å². The molecule has 0 radical (unpaired) electrons. The molecule has 2 aliphatic rings. The van der Waals surface area contributed by atoms with Gasteiger partial charge in [-0.3, -0.25) is 4.79 Å². The zero-order chi connectivity index (χ0) is 18.1. The van der Waals surface area contributed by atoms with E-state index in [0.717, 1.165) is 50.3 Å². The highest BCUT2D eigenvalue weighted by atomic mass is 16.5. The summed E-state index contributed by atoms with van der Waals surface area (Å²) >= 11 is 0. The van der Waals surface area contributed by atoms with Crippen LogP contribution in [0.4, 0.5) is 0 Å². The molecule has 1 aromatic rings. The second kappa shape index (κ2) is 6.99. The molecule has 1 aliphatic heterocycles. The lowest BCUT2D eigenvalue weighted by Gasteiger charge is -2.29. The van der Waals surface area contributed by atoms with E-state index in [9.17, 15) is 4.79 Å². The van der Waals surface area contributed by atoms with E-state index in [2.05, 4.69) is 50.5 Å². The van der Waals surface area contributed by atoms with E-state index in [0.29, 0.717) is 5.92 Å². The van der Waals surface area contributed by atoms with Crippen molar-refractivity contribution in [3.8, 4) is 5.75 Å². The van der Waals surface area contributed by atoms with Crippen LogP contribution in [0.5, 0.6) is 5.75 Å². The standard InChI is InChI=1S/C21H32N2O2/c1-15(2)14-25-17-7-5-16(6-8-17)20(3,4)23-19(24)18-13-21(18)9-11-22-12-10-21/h5-8,15,18,22H,9-14H2,1-4H3,(H,23,24). The smallest absolute Gasteiger partial charge is 0.224 e. The number of carbonyl (C=O) groups is 1. The third kappa shape index (κ3) is 4.17. The minimum absolute atomic E-state index is 0.197. The summed E-state index contributed by atoms with van der Waals surface area (Å²) in [5, 5.41) is 6.67. The van der Waals surface area contributed by atoms with Crippen LogP contribution in [-0.2, 0) is 10.3 Å². The molecule has 1 aromatic carbocycles. The first kappa shape index (κ1) is 18.2. The predicted octanol–water partition coefficient (Wildman–Crippen LogP) is 3.46. The van der Waals surface area contributed by atoms with Crippen LogP contribution in [0.15, 0.2) is 24.3 Å². The Morgan fingerprint density at radius 3 is 2.52 bits per heavy atom. The van der Waals surface area contributed by atoms with Crippen LogP contribution >= 0.6 is 0 Å². The van der Waals surface area contributed by atoms with Crippen LogP contribution in [0.1, 0.15) is 52.5 Å². The van der Waals surface area contributed by atoms with E-state index in [4.69, 9.17) is 4.74 Å². The maximum atomic E-state index is 12.8. The zero-order valence-electron chi connectivity index (χ0n) is 16.0. The Bertz CT molecular complexity index is 601. The van der Waals surface area contributed by atoms with Crippen molar-refractivity contribution in [2.45, 2.75) is 52.5 Å². The number of carbonyl (C=O) groups excluding carboxylic acids is 1. The SMILES string of the molecule is CC(C)COc1ccc(C(C)(C)NC(=O)C2CC23CCNCC3)cc1. The topological polar surface area (TPSA) is 50.4 Å². The van der Waals surface area contributed by atoms with E-state index < -0.39 is 0 Å². The summed E-state index contributed by atoms with van der Waals surface area (Å²) in [4.78, 5) is 12.8. The van der Waals surface area contributed by atoms with Gasteiger partial charge in [0.25, 0.3) is 0 Å². The summed E-state index contributed by atoms with van der Waals surface area (Å²) < 4.78 is 5.75. The number of nitrogens with one attached hydrogen (secondary N) is 2. The first-order valence-corrected chi connectivity index (χ1v) is 9.58. The van der Waals surface area contributed by atoms with E-state index in [1.54, 1.807) is 0 Å². The molecule has 138 valence electrons. The lowest BCUT2D eigenvalue weighted by Crippen LogP contribution is -2.43. The van der Waals surface area contributed by atoms with Crippen LogP contribution < -0.4 is 15.4 Å². The molecule has 4 nitrogen and oxygen atoms in total. The highest BCUT2D eigenvalue weighted by Gasteiger charge is 2.58. The minimum atomic E-state index is -0.371. The highest BCUT2D eigenvalue weighted by molar-refractivity contribution is 5.83. The monoisotopic (exact) mass is 344 g/mol. The van der Waals surface area contributed by atoms with E-state index >= 15 is 0 Å². The summed E-state index contributed by atoms with van der Waals surface area (Å²) in [5.41, 5.74) is 1.02. The van der Waals surface area contributed by atoms with Gasteiger partial charge < -0.3 is 15.4 Å². The van der Waals surface area contributed by atoms with Crippen LogP contribution in [0.3, 0.4) is 0 Å². The van der Waals surface area contributed by atoms with Crippen molar-refractivity contribution < 1.29 is 9.53 Å². The molecule has 4 heteroatoms. The summed E-state index contributed by atoms with van der Waals surface area (Å²) in [6.45, 7) is 11.2.